The molecule has 0 aliphatic heterocycles. The molecule has 5 nitrogen and oxygen atoms in total. The SMILES string of the molecule is N#Cc1ccc(NC(=O)CCc2csc(-c3ccccn3)n2)cc1. The summed E-state index contributed by atoms with van der Waals surface area (Å²) in [5, 5.41) is 14.4. The lowest BCUT2D eigenvalue weighted by atomic mass is 10.2. The number of carbonyl (C=O) groups excluding carboxylic acids is 1. The minimum atomic E-state index is -0.0768. The predicted molar refractivity (Wildman–Crippen MR) is 93.5 cm³/mol. The van der Waals surface area contributed by atoms with Crippen LogP contribution in [0.25, 0.3) is 10.7 Å². The first-order valence-corrected chi connectivity index (χ1v) is 8.28. The average molecular weight is 334 g/mol. The van der Waals surface area contributed by atoms with Crippen molar-refractivity contribution in [2.24, 2.45) is 0 Å². The maximum atomic E-state index is 12.0. The number of amides is 1. The highest BCUT2D eigenvalue weighted by Crippen LogP contribution is 2.22. The molecule has 1 aromatic carbocycles. The van der Waals surface area contributed by atoms with Gasteiger partial charge in [0.2, 0.25) is 5.91 Å². The zero-order valence-electron chi connectivity index (χ0n) is 12.8. The van der Waals surface area contributed by atoms with Crippen LogP contribution >= 0.6 is 11.3 Å². The van der Waals surface area contributed by atoms with E-state index in [1.54, 1.807) is 30.5 Å². The molecule has 2 aromatic heterocycles. The lowest BCUT2D eigenvalue weighted by Crippen LogP contribution is -2.12. The number of carbonyl (C=O) groups is 1. The van der Waals surface area contributed by atoms with Crippen LogP contribution in [0.3, 0.4) is 0 Å². The molecular weight excluding hydrogens is 320 g/mol. The second-order valence-corrected chi connectivity index (χ2v) is 5.95. The Balaban J connectivity index is 1.55. The van der Waals surface area contributed by atoms with E-state index in [9.17, 15) is 4.79 Å². The summed E-state index contributed by atoms with van der Waals surface area (Å²) in [6.07, 6.45) is 2.66. The highest BCUT2D eigenvalue weighted by atomic mass is 32.1. The van der Waals surface area contributed by atoms with Crippen LogP contribution in [0.1, 0.15) is 17.7 Å². The summed E-state index contributed by atoms with van der Waals surface area (Å²) in [4.78, 5) is 20.8. The van der Waals surface area contributed by atoms with Crippen LogP contribution in [0.15, 0.2) is 54.0 Å². The van der Waals surface area contributed by atoms with E-state index in [-0.39, 0.29) is 5.91 Å². The van der Waals surface area contributed by atoms with Gasteiger partial charge in [-0.05, 0) is 42.8 Å². The van der Waals surface area contributed by atoms with Gasteiger partial charge in [0, 0.05) is 23.7 Å². The van der Waals surface area contributed by atoms with Crippen LogP contribution in [-0.2, 0) is 11.2 Å². The van der Waals surface area contributed by atoms with Crippen molar-refractivity contribution < 1.29 is 4.79 Å². The van der Waals surface area contributed by atoms with Gasteiger partial charge in [0.15, 0.2) is 0 Å². The Labute approximate surface area is 143 Å². The number of nitriles is 1. The molecule has 0 saturated carbocycles. The van der Waals surface area contributed by atoms with Gasteiger partial charge in [-0.25, -0.2) is 4.98 Å². The summed E-state index contributed by atoms with van der Waals surface area (Å²) in [5.41, 5.74) is 2.98. The third kappa shape index (κ3) is 4.03. The summed E-state index contributed by atoms with van der Waals surface area (Å²) in [6.45, 7) is 0. The zero-order valence-corrected chi connectivity index (χ0v) is 13.6. The van der Waals surface area contributed by atoms with E-state index in [0.717, 1.165) is 16.4 Å². The third-order valence-electron chi connectivity index (χ3n) is 3.34. The quantitative estimate of drug-likeness (QED) is 0.772. The number of pyridine rings is 1. The Hall–Kier alpha value is -3.04. The van der Waals surface area contributed by atoms with Crippen molar-refractivity contribution in [1.29, 1.82) is 5.26 Å². The van der Waals surface area contributed by atoms with Crippen molar-refractivity contribution in [2.45, 2.75) is 12.8 Å². The summed E-state index contributed by atoms with van der Waals surface area (Å²) in [5.74, 6) is -0.0768. The van der Waals surface area contributed by atoms with Gasteiger partial charge in [-0.1, -0.05) is 6.07 Å². The number of nitrogens with one attached hydrogen (secondary N) is 1. The summed E-state index contributed by atoms with van der Waals surface area (Å²) in [6, 6.07) is 14.5. The van der Waals surface area contributed by atoms with E-state index in [1.165, 1.54) is 11.3 Å². The number of aromatic nitrogens is 2. The van der Waals surface area contributed by atoms with Crippen LogP contribution in [0.4, 0.5) is 5.69 Å². The molecule has 1 amide bonds. The van der Waals surface area contributed by atoms with Gasteiger partial charge < -0.3 is 5.32 Å². The number of rotatable bonds is 5. The first-order valence-electron chi connectivity index (χ1n) is 7.40. The number of aryl methyl sites for hydroxylation is 1. The molecule has 0 fully saturated rings. The fourth-order valence-electron chi connectivity index (χ4n) is 2.12. The van der Waals surface area contributed by atoms with Gasteiger partial charge in [0.05, 0.1) is 23.0 Å². The van der Waals surface area contributed by atoms with Gasteiger partial charge in [0.25, 0.3) is 0 Å². The molecule has 2 heterocycles. The summed E-state index contributed by atoms with van der Waals surface area (Å²) >= 11 is 1.53. The van der Waals surface area contributed by atoms with Gasteiger partial charge in [-0.3, -0.25) is 9.78 Å². The van der Waals surface area contributed by atoms with E-state index < -0.39 is 0 Å². The lowest BCUT2D eigenvalue weighted by Gasteiger charge is -2.04. The summed E-state index contributed by atoms with van der Waals surface area (Å²) < 4.78 is 0. The Bertz CT molecular complexity index is 866. The maximum Gasteiger partial charge on any atom is 0.224 e. The number of thiazole rings is 1. The minimum Gasteiger partial charge on any atom is -0.326 e. The van der Waals surface area contributed by atoms with E-state index in [2.05, 4.69) is 15.3 Å². The molecule has 1 N–H and O–H groups in total. The third-order valence-corrected chi connectivity index (χ3v) is 4.26. The average Bonchev–Trinajstić information content (AvgIpc) is 3.10. The maximum absolute atomic E-state index is 12.0. The van der Waals surface area contributed by atoms with Gasteiger partial charge in [-0.15, -0.1) is 11.3 Å². The van der Waals surface area contributed by atoms with Crippen molar-refractivity contribution >= 4 is 22.9 Å². The minimum absolute atomic E-state index is 0.0768. The number of benzene rings is 1. The molecule has 0 atom stereocenters. The van der Waals surface area contributed by atoms with Gasteiger partial charge in [0.1, 0.15) is 5.01 Å². The fourth-order valence-corrected chi connectivity index (χ4v) is 2.95. The molecule has 0 radical (unpaired) electrons. The number of hydrogen-bond acceptors (Lipinski definition) is 5. The van der Waals surface area contributed by atoms with Crippen LogP contribution in [0, 0.1) is 11.3 Å². The van der Waals surface area contributed by atoms with Crippen LogP contribution in [-0.4, -0.2) is 15.9 Å². The molecule has 24 heavy (non-hydrogen) atoms. The molecule has 3 aromatic rings. The summed E-state index contributed by atoms with van der Waals surface area (Å²) in [7, 11) is 0. The normalized spacial score (nSPS) is 10.1. The topological polar surface area (TPSA) is 78.7 Å². The van der Waals surface area contributed by atoms with Gasteiger partial charge >= 0.3 is 0 Å². The molecule has 3 rings (SSSR count). The number of hydrogen-bond donors (Lipinski definition) is 1. The van der Waals surface area contributed by atoms with Gasteiger partial charge in [-0.2, -0.15) is 5.26 Å². The monoisotopic (exact) mass is 334 g/mol. The Morgan fingerprint density at radius 2 is 2.04 bits per heavy atom. The van der Waals surface area contributed by atoms with E-state index in [0.29, 0.717) is 24.1 Å². The van der Waals surface area contributed by atoms with E-state index in [4.69, 9.17) is 5.26 Å². The largest absolute Gasteiger partial charge is 0.326 e. The number of nitrogens with zero attached hydrogens (tertiary/aromatic N) is 3. The molecule has 0 unspecified atom stereocenters. The molecule has 0 bridgehead atoms. The number of anilines is 1. The lowest BCUT2D eigenvalue weighted by molar-refractivity contribution is -0.116. The predicted octanol–water partition coefficient (Wildman–Crippen LogP) is 3.65. The molecule has 0 aliphatic rings. The van der Waals surface area contributed by atoms with Crippen molar-refractivity contribution in [1.82, 2.24) is 9.97 Å². The van der Waals surface area contributed by atoms with Crippen LogP contribution in [0.5, 0.6) is 0 Å². The second kappa shape index (κ2) is 7.49. The molecule has 0 aliphatic carbocycles. The standard InChI is InChI=1S/C18H14N4OS/c19-11-13-4-6-14(7-5-13)21-17(23)9-8-15-12-24-18(22-15)16-3-1-2-10-20-16/h1-7,10,12H,8-9H2,(H,21,23). The highest BCUT2D eigenvalue weighted by molar-refractivity contribution is 7.13. The molecule has 118 valence electrons. The first kappa shape index (κ1) is 15.8. The fraction of sp³-hybridized carbons (Fsp3) is 0.111. The van der Waals surface area contributed by atoms with Crippen molar-refractivity contribution in [3.8, 4) is 16.8 Å². The van der Waals surface area contributed by atoms with Crippen LogP contribution < -0.4 is 5.32 Å². The van der Waals surface area contributed by atoms with Crippen molar-refractivity contribution in [3.05, 3.63) is 65.3 Å². The molecule has 0 spiro atoms. The smallest absolute Gasteiger partial charge is 0.224 e. The van der Waals surface area contributed by atoms with E-state index >= 15 is 0 Å². The first-order chi connectivity index (χ1) is 11.7. The molecular formula is C18H14N4OS. The Morgan fingerprint density at radius 3 is 2.75 bits per heavy atom. The Morgan fingerprint density at radius 1 is 1.21 bits per heavy atom. The van der Waals surface area contributed by atoms with E-state index in [1.807, 2.05) is 29.6 Å². The highest BCUT2D eigenvalue weighted by Gasteiger charge is 2.08. The van der Waals surface area contributed by atoms with Crippen molar-refractivity contribution in [2.75, 3.05) is 5.32 Å². The van der Waals surface area contributed by atoms with Crippen LogP contribution in [0.2, 0.25) is 0 Å². The van der Waals surface area contributed by atoms with Crippen molar-refractivity contribution in [3.63, 3.8) is 0 Å². The zero-order chi connectivity index (χ0) is 16.8. The second-order valence-electron chi connectivity index (χ2n) is 5.10. The molecule has 6 heteroatoms. The molecule has 0 saturated heterocycles. The Kier molecular flexibility index (Phi) is 4.94.